The third-order valence-electron chi connectivity index (χ3n) is 4.07. The Bertz CT molecular complexity index is 492. The van der Waals surface area contributed by atoms with Crippen molar-refractivity contribution in [3.8, 4) is 11.5 Å². The van der Waals surface area contributed by atoms with Crippen molar-refractivity contribution in [2.45, 2.75) is 44.4 Å². The second-order valence-electron chi connectivity index (χ2n) is 5.17. The highest BCUT2D eigenvalue weighted by Gasteiger charge is 2.45. The predicted molar refractivity (Wildman–Crippen MR) is 71.9 cm³/mol. The number of carboxylic acid groups (broad SMARTS) is 1. The van der Waals surface area contributed by atoms with Gasteiger partial charge in [-0.25, -0.2) is 0 Å². The van der Waals surface area contributed by atoms with Gasteiger partial charge in [0.15, 0.2) is 11.5 Å². The maximum atomic E-state index is 11.8. The van der Waals surface area contributed by atoms with E-state index in [1.165, 1.54) is 6.07 Å². The van der Waals surface area contributed by atoms with Gasteiger partial charge >= 0.3 is 5.97 Å². The van der Waals surface area contributed by atoms with E-state index in [9.17, 15) is 20.1 Å². The summed E-state index contributed by atoms with van der Waals surface area (Å²) >= 11 is 6.01. The molecule has 0 spiro atoms. The average molecular weight is 285 g/mol. The fourth-order valence-electron chi connectivity index (χ4n) is 3.03. The molecule has 0 bridgehead atoms. The van der Waals surface area contributed by atoms with Crippen LogP contribution in [0.2, 0.25) is 5.02 Å². The molecule has 0 heterocycles. The van der Waals surface area contributed by atoms with Crippen molar-refractivity contribution < 1.29 is 20.1 Å². The quantitative estimate of drug-likeness (QED) is 0.728. The summed E-state index contributed by atoms with van der Waals surface area (Å²) in [4.78, 5) is 11.8. The predicted octanol–water partition coefficient (Wildman–Crippen LogP) is 3.35. The summed E-state index contributed by atoms with van der Waals surface area (Å²) in [6, 6.07) is 1.24. The van der Waals surface area contributed by atoms with Crippen LogP contribution in [0.4, 0.5) is 0 Å². The molecule has 1 aliphatic rings. The molecule has 0 atom stereocenters. The zero-order valence-electron chi connectivity index (χ0n) is 10.7. The zero-order valence-corrected chi connectivity index (χ0v) is 11.5. The third kappa shape index (κ3) is 2.14. The molecule has 1 aromatic carbocycles. The maximum Gasteiger partial charge on any atom is 0.314 e. The smallest absolute Gasteiger partial charge is 0.314 e. The standard InChI is InChI=1S/C14H17ClO4/c1-8-9(15)7-10(16)12(17)11(8)14(13(18)19)5-3-2-4-6-14/h7,16-17H,2-6H2,1H3,(H,18,19). The number of phenolic OH excluding ortho intramolecular Hbond substituents is 2. The number of hydrogen-bond acceptors (Lipinski definition) is 3. The van der Waals surface area contributed by atoms with Crippen molar-refractivity contribution >= 4 is 17.6 Å². The topological polar surface area (TPSA) is 77.8 Å². The van der Waals surface area contributed by atoms with Crippen molar-refractivity contribution in [2.24, 2.45) is 0 Å². The molecule has 1 saturated carbocycles. The summed E-state index contributed by atoms with van der Waals surface area (Å²) < 4.78 is 0. The normalized spacial score (nSPS) is 18.2. The Morgan fingerprint density at radius 1 is 1.26 bits per heavy atom. The fraction of sp³-hybridized carbons (Fsp3) is 0.500. The van der Waals surface area contributed by atoms with Gasteiger partial charge in [-0.2, -0.15) is 0 Å². The van der Waals surface area contributed by atoms with E-state index in [1.54, 1.807) is 6.92 Å². The second-order valence-corrected chi connectivity index (χ2v) is 5.58. The molecule has 19 heavy (non-hydrogen) atoms. The highest BCUT2D eigenvalue weighted by molar-refractivity contribution is 6.31. The van der Waals surface area contributed by atoms with Crippen LogP contribution < -0.4 is 0 Å². The number of phenols is 2. The molecular weight excluding hydrogens is 268 g/mol. The van der Waals surface area contributed by atoms with Gasteiger partial charge in [0.1, 0.15) is 0 Å². The van der Waals surface area contributed by atoms with Crippen molar-refractivity contribution in [3.05, 3.63) is 22.2 Å². The Labute approximate surface area is 116 Å². The molecule has 0 aliphatic heterocycles. The average Bonchev–Trinajstić information content (AvgIpc) is 2.37. The Morgan fingerprint density at radius 3 is 2.37 bits per heavy atom. The number of aromatic hydroxyl groups is 2. The Balaban J connectivity index is 2.70. The molecule has 2 rings (SSSR count). The number of rotatable bonds is 2. The molecule has 1 fully saturated rings. The number of hydrogen-bond donors (Lipinski definition) is 3. The summed E-state index contributed by atoms with van der Waals surface area (Å²) in [5.41, 5.74) is -0.347. The summed E-state index contributed by atoms with van der Waals surface area (Å²) in [6.07, 6.45) is 3.48. The van der Waals surface area contributed by atoms with E-state index in [0.717, 1.165) is 19.3 Å². The van der Waals surface area contributed by atoms with Crippen molar-refractivity contribution in [3.63, 3.8) is 0 Å². The number of aliphatic carboxylic acids is 1. The van der Waals surface area contributed by atoms with Crippen LogP contribution in [-0.2, 0) is 10.2 Å². The van der Waals surface area contributed by atoms with Gasteiger partial charge in [-0.3, -0.25) is 4.79 Å². The molecule has 0 radical (unpaired) electrons. The van der Waals surface area contributed by atoms with Crippen LogP contribution in [0, 0.1) is 6.92 Å². The molecule has 1 aliphatic carbocycles. The van der Waals surface area contributed by atoms with Crippen LogP contribution in [0.15, 0.2) is 6.07 Å². The first-order chi connectivity index (χ1) is 8.90. The van der Waals surface area contributed by atoms with Gasteiger partial charge in [0.2, 0.25) is 0 Å². The van der Waals surface area contributed by atoms with Gasteiger partial charge in [-0.05, 0) is 25.3 Å². The second kappa shape index (κ2) is 4.93. The van der Waals surface area contributed by atoms with Gasteiger partial charge in [-0.1, -0.05) is 30.9 Å². The molecule has 0 amide bonds. The lowest BCUT2D eigenvalue weighted by Gasteiger charge is -2.35. The van der Waals surface area contributed by atoms with Gasteiger partial charge in [0.05, 0.1) is 5.41 Å². The fourth-order valence-corrected chi connectivity index (χ4v) is 3.23. The minimum atomic E-state index is -1.14. The van der Waals surface area contributed by atoms with E-state index in [-0.39, 0.29) is 22.1 Å². The van der Waals surface area contributed by atoms with E-state index in [1.807, 2.05) is 0 Å². The maximum absolute atomic E-state index is 11.8. The molecular formula is C14H17ClO4. The summed E-state index contributed by atoms with van der Waals surface area (Å²) in [5.74, 6) is -1.68. The minimum absolute atomic E-state index is 0.268. The van der Waals surface area contributed by atoms with Crippen LogP contribution in [0.25, 0.3) is 0 Å². The highest BCUT2D eigenvalue weighted by Crippen LogP contribution is 2.49. The van der Waals surface area contributed by atoms with E-state index in [2.05, 4.69) is 0 Å². The van der Waals surface area contributed by atoms with E-state index in [0.29, 0.717) is 18.4 Å². The van der Waals surface area contributed by atoms with Crippen molar-refractivity contribution in [2.75, 3.05) is 0 Å². The molecule has 5 heteroatoms. The van der Waals surface area contributed by atoms with Gasteiger partial charge in [-0.15, -0.1) is 0 Å². The van der Waals surface area contributed by atoms with Gasteiger partial charge in [0, 0.05) is 16.7 Å². The molecule has 104 valence electrons. The number of halogens is 1. The Morgan fingerprint density at radius 2 is 1.84 bits per heavy atom. The molecule has 3 N–H and O–H groups in total. The van der Waals surface area contributed by atoms with Crippen molar-refractivity contribution in [1.82, 2.24) is 0 Å². The van der Waals surface area contributed by atoms with E-state index in [4.69, 9.17) is 11.6 Å². The van der Waals surface area contributed by atoms with Crippen LogP contribution in [0.1, 0.15) is 43.2 Å². The van der Waals surface area contributed by atoms with E-state index < -0.39 is 11.4 Å². The lowest BCUT2D eigenvalue weighted by atomic mass is 9.68. The summed E-state index contributed by atoms with van der Waals surface area (Å²) in [5, 5.41) is 29.7. The monoisotopic (exact) mass is 284 g/mol. The summed E-state index contributed by atoms with van der Waals surface area (Å²) in [7, 11) is 0. The minimum Gasteiger partial charge on any atom is -0.504 e. The van der Waals surface area contributed by atoms with Gasteiger partial charge < -0.3 is 15.3 Å². The van der Waals surface area contributed by atoms with Crippen LogP contribution >= 0.6 is 11.6 Å². The molecule has 0 unspecified atom stereocenters. The first-order valence-electron chi connectivity index (χ1n) is 6.35. The lowest BCUT2D eigenvalue weighted by molar-refractivity contribution is -0.145. The number of benzene rings is 1. The number of carbonyl (C=O) groups is 1. The molecule has 0 aromatic heterocycles. The Kier molecular flexibility index (Phi) is 3.63. The zero-order chi connectivity index (χ0) is 14.2. The van der Waals surface area contributed by atoms with Gasteiger partial charge in [0.25, 0.3) is 0 Å². The Hall–Kier alpha value is -1.42. The van der Waals surface area contributed by atoms with Crippen molar-refractivity contribution in [1.29, 1.82) is 0 Å². The first kappa shape index (κ1) is 14.0. The molecule has 4 nitrogen and oxygen atoms in total. The third-order valence-corrected chi connectivity index (χ3v) is 4.46. The molecule has 1 aromatic rings. The highest BCUT2D eigenvalue weighted by atomic mass is 35.5. The van der Waals surface area contributed by atoms with Crippen LogP contribution in [0.5, 0.6) is 11.5 Å². The largest absolute Gasteiger partial charge is 0.504 e. The SMILES string of the molecule is Cc1c(Cl)cc(O)c(O)c1C1(C(=O)O)CCCCC1. The van der Waals surface area contributed by atoms with E-state index >= 15 is 0 Å². The lowest BCUT2D eigenvalue weighted by Crippen LogP contribution is -2.38. The van der Waals surface area contributed by atoms with Crippen LogP contribution in [-0.4, -0.2) is 21.3 Å². The molecule has 0 saturated heterocycles. The van der Waals surface area contributed by atoms with Crippen LogP contribution in [0.3, 0.4) is 0 Å². The summed E-state index contributed by atoms with van der Waals surface area (Å²) in [6.45, 7) is 1.68. The first-order valence-corrected chi connectivity index (χ1v) is 6.73. The number of carboxylic acids is 1.